The Morgan fingerprint density at radius 2 is 2.29 bits per heavy atom. The molecule has 0 aliphatic heterocycles. The fourth-order valence-corrected chi connectivity index (χ4v) is 2.78. The fourth-order valence-electron chi connectivity index (χ4n) is 1.46. The van der Waals surface area contributed by atoms with Gasteiger partial charge in [-0.2, -0.15) is 0 Å². The zero-order chi connectivity index (χ0) is 11.8. The Hall–Kier alpha value is -1.15. The highest BCUT2D eigenvalue weighted by atomic mass is 127. The lowest BCUT2D eigenvalue weighted by molar-refractivity contribution is 0.470. The van der Waals surface area contributed by atoms with E-state index in [0.29, 0.717) is 5.19 Å². The number of halogens is 1. The number of fused-ring (bicyclic) bond motifs is 1. The second-order valence-corrected chi connectivity index (χ2v) is 5.70. The van der Waals surface area contributed by atoms with Gasteiger partial charge < -0.3 is 4.74 Å². The minimum Gasteiger partial charge on any atom is -0.430 e. The molecule has 0 aliphatic rings. The molecule has 0 atom stereocenters. The number of aryl methyl sites for hydroxylation is 1. The Labute approximate surface area is 115 Å². The highest BCUT2D eigenvalue weighted by Gasteiger charge is 2.08. The molecule has 3 aromatic rings. The SMILES string of the molecule is Cc1cn2nc(Oc3cccc(I)c3)sc2n1. The molecule has 0 unspecified atom stereocenters. The third kappa shape index (κ3) is 2.27. The molecule has 0 saturated heterocycles. The van der Waals surface area contributed by atoms with Crippen molar-refractivity contribution in [2.24, 2.45) is 0 Å². The molecule has 0 spiro atoms. The maximum absolute atomic E-state index is 5.68. The van der Waals surface area contributed by atoms with Crippen LogP contribution in [-0.2, 0) is 0 Å². The van der Waals surface area contributed by atoms with Crippen LogP contribution in [0.15, 0.2) is 30.5 Å². The van der Waals surface area contributed by atoms with E-state index >= 15 is 0 Å². The molecule has 3 rings (SSSR count). The van der Waals surface area contributed by atoms with Crippen LogP contribution in [-0.4, -0.2) is 14.6 Å². The maximum atomic E-state index is 5.68. The van der Waals surface area contributed by atoms with Crippen LogP contribution < -0.4 is 4.74 Å². The largest absolute Gasteiger partial charge is 0.430 e. The van der Waals surface area contributed by atoms with Gasteiger partial charge >= 0.3 is 0 Å². The highest BCUT2D eigenvalue weighted by Crippen LogP contribution is 2.27. The van der Waals surface area contributed by atoms with E-state index in [1.807, 2.05) is 37.4 Å². The van der Waals surface area contributed by atoms with Crippen LogP contribution in [0.1, 0.15) is 5.69 Å². The number of hydrogen-bond donors (Lipinski definition) is 0. The van der Waals surface area contributed by atoms with Crippen LogP contribution in [0.25, 0.3) is 4.96 Å². The standard InChI is InChI=1S/C11H8IN3OS/c1-7-6-15-10(13-7)17-11(14-15)16-9-4-2-3-8(12)5-9/h2-6H,1H3. The second-order valence-electron chi connectivity index (χ2n) is 3.54. The molecule has 2 aromatic heterocycles. The molecule has 0 fully saturated rings. The number of imidazole rings is 1. The average molecular weight is 357 g/mol. The van der Waals surface area contributed by atoms with E-state index < -0.39 is 0 Å². The first kappa shape index (κ1) is 11.0. The van der Waals surface area contributed by atoms with Crippen molar-refractivity contribution in [3.63, 3.8) is 0 Å². The van der Waals surface area contributed by atoms with E-state index in [9.17, 15) is 0 Å². The average Bonchev–Trinajstić information content (AvgIpc) is 2.74. The van der Waals surface area contributed by atoms with Crippen molar-refractivity contribution >= 4 is 38.9 Å². The summed E-state index contributed by atoms with van der Waals surface area (Å²) in [6.45, 7) is 1.95. The number of nitrogens with zero attached hydrogens (tertiary/aromatic N) is 3. The first-order valence-electron chi connectivity index (χ1n) is 4.97. The van der Waals surface area contributed by atoms with E-state index in [1.165, 1.54) is 11.3 Å². The Kier molecular flexibility index (Phi) is 2.75. The van der Waals surface area contributed by atoms with Gasteiger partial charge in [-0.15, -0.1) is 5.10 Å². The normalized spacial score (nSPS) is 10.9. The van der Waals surface area contributed by atoms with Crippen molar-refractivity contribution in [1.29, 1.82) is 0 Å². The summed E-state index contributed by atoms with van der Waals surface area (Å²) in [5.41, 5.74) is 0.963. The first-order valence-corrected chi connectivity index (χ1v) is 6.86. The van der Waals surface area contributed by atoms with Crippen LogP contribution in [0.4, 0.5) is 0 Å². The van der Waals surface area contributed by atoms with Gasteiger partial charge in [-0.25, -0.2) is 9.50 Å². The van der Waals surface area contributed by atoms with Crippen LogP contribution >= 0.6 is 33.9 Å². The number of benzene rings is 1. The van der Waals surface area contributed by atoms with E-state index in [-0.39, 0.29) is 0 Å². The molecule has 0 saturated carbocycles. The summed E-state index contributed by atoms with van der Waals surface area (Å²) in [6, 6.07) is 7.86. The lowest BCUT2D eigenvalue weighted by Crippen LogP contribution is -1.86. The highest BCUT2D eigenvalue weighted by molar-refractivity contribution is 14.1. The van der Waals surface area contributed by atoms with E-state index in [4.69, 9.17) is 4.74 Å². The summed E-state index contributed by atoms with van der Waals surface area (Å²) in [4.78, 5) is 5.18. The van der Waals surface area contributed by atoms with Crippen LogP contribution in [0.2, 0.25) is 0 Å². The van der Waals surface area contributed by atoms with Crippen molar-refractivity contribution in [2.45, 2.75) is 6.92 Å². The first-order chi connectivity index (χ1) is 8.20. The van der Waals surface area contributed by atoms with Gasteiger partial charge in [0.2, 0.25) is 4.96 Å². The van der Waals surface area contributed by atoms with Crippen LogP contribution in [0.3, 0.4) is 0 Å². The third-order valence-corrected chi connectivity index (χ3v) is 3.62. The van der Waals surface area contributed by atoms with Gasteiger partial charge in [-0.05, 0) is 59.1 Å². The molecule has 0 amide bonds. The molecule has 86 valence electrons. The molecule has 4 nitrogen and oxygen atoms in total. The number of hydrogen-bond acceptors (Lipinski definition) is 4. The molecule has 6 heteroatoms. The zero-order valence-corrected chi connectivity index (χ0v) is 11.9. The Morgan fingerprint density at radius 3 is 3.06 bits per heavy atom. The van der Waals surface area contributed by atoms with Crippen molar-refractivity contribution < 1.29 is 4.74 Å². The zero-order valence-electron chi connectivity index (χ0n) is 8.92. The minimum atomic E-state index is 0.606. The van der Waals surface area contributed by atoms with Gasteiger partial charge in [0.05, 0.1) is 11.9 Å². The quantitative estimate of drug-likeness (QED) is 0.659. The van der Waals surface area contributed by atoms with Gasteiger partial charge in [-0.3, -0.25) is 0 Å². The van der Waals surface area contributed by atoms with E-state index in [1.54, 1.807) is 4.52 Å². The predicted molar refractivity (Wildman–Crippen MR) is 74.8 cm³/mol. The smallest absolute Gasteiger partial charge is 0.299 e. The van der Waals surface area contributed by atoms with Gasteiger partial charge in [0.1, 0.15) is 5.75 Å². The maximum Gasteiger partial charge on any atom is 0.299 e. The summed E-state index contributed by atoms with van der Waals surface area (Å²) < 4.78 is 8.56. The molecule has 1 aromatic carbocycles. The third-order valence-electron chi connectivity index (χ3n) is 2.15. The molecule has 0 bridgehead atoms. The van der Waals surface area contributed by atoms with E-state index in [2.05, 4.69) is 32.7 Å². The molecule has 0 N–H and O–H groups in total. The molecule has 17 heavy (non-hydrogen) atoms. The Bertz CT molecular complexity index is 645. The van der Waals surface area contributed by atoms with Crippen LogP contribution in [0.5, 0.6) is 10.9 Å². The number of rotatable bonds is 2. The summed E-state index contributed by atoms with van der Waals surface area (Å²) in [5, 5.41) is 4.91. The Balaban J connectivity index is 1.91. The van der Waals surface area contributed by atoms with Crippen molar-refractivity contribution in [3.05, 3.63) is 39.7 Å². The van der Waals surface area contributed by atoms with Crippen molar-refractivity contribution in [3.8, 4) is 10.9 Å². The minimum absolute atomic E-state index is 0.606. The fraction of sp³-hybridized carbons (Fsp3) is 0.0909. The number of ether oxygens (including phenoxy) is 1. The summed E-state index contributed by atoms with van der Waals surface area (Å²) >= 11 is 3.69. The van der Waals surface area contributed by atoms with Gasteiger partial charge in [-0.1, -0.05) is 6.07 Å². The molecule has 0 radical (unpaired) electrons. The lowest BCUT2D eigenvalue weighted by atomic mass is 10.3. The number of aromatic nitrogens is 3. The lowest BCUT2D eigenvalue weighted by Gasteiger charge is -2.00. The molecule has 2 heterocycles. The molecular formula is C11H8IN3OS. The van der Waals surface area contributed by atoms with E-state index in [0.717, 1.165) is 20.0 Å². The van der Waals surface area contributed by atoms with Gasteiger partial charge in [0.15, 0.2) is 0 Å². The summed E-state index contributed by atoms with van der Waals surface area (Å²) in [6.07, 6.45) is 1.88. The summed E-state index contributed by atoms with van der Waals surface area (Å²) in [7, 11) is 0. The monoisotopic (exact) mass is 357 g/mol. The van der Waals surface area contributed by atoms with Crippen molar-refractivity contribution in [1.82, 2.24) is 14.6 Å². The second kappa shape index (κ2) is 4.26. The van der Waals surface area contributed by atoms with Gasteiger partial charge in [0, 0.05) is 3.57 Å². The predicted octanol–water partition coefficient (Wildman–Crippen LogP) is 3.50. The topological polar surface area (TPSA) is 39.4 Å². The van der Waals surface area contributed by atoms with Crippen molar-refractivity contribution in [2.75, 3.05) is 0 Å². The molecule has 0 aliphatic carbocycles. The summed E-state index contributed by atoms with van der Waals surface area (Å²) in [5.74, 6) is 0.797. The molecular weight excluding hydrogens is 349 g/mol. The van der Waals surface area contributed by atoms with Gasteiger partial charge in [0.25, 0.3) is 5.19 Å². The van der Waals surface area contributed by atoms with Crippen LogP contribution in [0, 0.1) is 10.5 Å². The Morgan fingerprint density at radius 1 is 1.41 bits per heavy atom.